The zero-order chi connectivity index (χ0) is 17.8. The molecule has 5 nitrogen and oxygen atoms in total. The summed E-state index contributed by atoms with van der Waals surface area (Å²) in [5, 5.41) is 8.49. The lowest BCUT2D eigenvalue weighted by Gasteiger charge is -2.38. The van der Waals surface area contributed by atoms with E-state index < -0.39 is 0 Å². The van der Waals surface area contributed by atoms with Crippen LogP contribution < -0.4 is 5.32 Å². The molecule has 0 spiro atoms. The van der Waals surface area contributed by atoms with Crippen LogP contribution in [-0.2, 0) is 4.79 Å². The van der Waals surface area contributed by atoms with Gasteiger partial charge < -0.3 is 5.32 Å². The van der Waals surface area contributed by atoms with Crippen LogP contribution in [0.2, 0.25) is 0 Å². The minimum Gasteiger partial charge on any atom is -0.328 e. The van der Waals surface area contributed by atoms with E-state index >= 15 is 0 Å². The van der Waals surface area contributed by atoms with Crippen LogP contribution in [0.4, 0.5) is 10.3 Å². The van der Waals surface area contributed by atoms with Crippen molar-refractivity contribution in [2.75, 3.05) is 11.6 Å². The number of rotatable bonds is 2. The SMILES string of the molecule is CSc1nc2n(n1)[C@@H](c1ccc(F)cc1)C1=C(CC(C)(C)CC1=O)N2. The van der Waals surface area contributed by atoms with Crippen LogP contribution in [0.25, 0.3) is 0 Å². The lowest BCUT2D eigenvalue weighted by Crippen LogP contribution is -2.36. The van der Waals surface area contributed by atoms with Gasteiger partial charge in [-0.15, -0.1) is 5.10 Å². The van der Waals surface area contributed by atoms with E-state index in [2.05, 4.69) is 29.2 Å². The van der Waals surface area contributed by atoms with Crippen LogP contribution in [0, 0.1) is 11.2 Å². The molecule has 2 aliphatic rings. The predicted octanol–water partition coefficient (Wildman–Crippen LogP) is 3.80. The number of anilines is 1. The Morgan fingerprint density at radius 2 is 2.00 bits per heavy atom. The minimum atomic E-state index is -0.371. The Hall–Kier alpha value is -2.15. The van der Waals surface area contributed by atoms with Crippen LogP contribution in [0.5, 0.6) is 0 Å². The highest BCUT2D eigenvalue weighted by atomic mass is 32.2. The molecule has 0 unspecified atom stereocenters. The van der Waals surface area contributed by atoms with E-state index in [1.165, 1.54) is 23.9 Å². The van der Waals surface area contributed by atoms with Crippen LogP contribution >= 0.6 is 11.8 Å². The molecule has 4 rings (SSSR count). The van der Waals surface area contributed by atoms with E-state index in [0.29, 0.717) is 17.5 Å². The summed E-state index contributed by atoms with van der Waals surface area (Å²) >= 11 is 1.45. The molecule has 0 saturated carbocycles. The van der Waals surface area contributed by atoms with Crippen LogP contribution in [0.3, 0.4) is 0 Å². The molecule has 2 heterocycles. The summed E-state index contributed by atoms with van der Waals surface area (Å²) in [6.45, 7) is 4.19. The maximum atomic E-state index is 13.4. The van der Waals surface area contributed by atoms with E-state index in [1.54, 1.807) is 16.8 Å². The fourth-order valence-corrected chi connectivity index (χ4v) is 3.98. The van der Waals surface area contributed by atoms with Crippen molar-refractivity contribution in [2.24, 2.45) is 5.41 Å². The molecular weight excluding hydrogens is 339 g/mol. The molecule has 0 saturated heterocycles. The number of halogens is 1. The van der Waals surface area contributed by atoms with Gasteiger partial charge in [0.2, 0.25) is 11.1 Å². The molecule has 25 heavy (non-hydrogen) atoms. The van der Waals surface area contributed by atoms with E-state index in [9.17, 15) is 9.18 Å². The van der Waals surface area contributed by atoms with E-state index in [4.69, 9.17) is 0 Å². The number of carbonyl (C=O) groups excluding carboxylic acids is 1. The summed E-state index contributed by atoms with van der Waals surface area (Å²) in [6, 6.07) is 5.89. The number of allylic oxidation sites excluding steroid dienone is 2. The first kappa shape index (κ1) is 16.3. The Balaban J connectivity index is 1.90. The van der Waals surface area contributed by atoms with Gasteiger partial charge in [-0.25, -0.2) is 9.07 Å². The summed E-state index contributed by atoms with van der Waals surface area (Å²) in [6.07, 6.45) is 3.17. The van der Waals surface area contributed by atoms with Crippen LogP contribution in [0.15, 0.2) is 40.7 Å². The van der Waals surface area contributed by atoms with Gasteiger partial charge in [-0.3, -0.25) is 4.79 Å². The Bertz CT molecular complexity index is 885. The molecule has 0 bridgehead atoms. The zero-order valence-corrected chi connectivity index (χ0v) is 15.2. The molecule has 1 N–H and O–H groups in total. The van der Waals surface area contributed by atoms with Crippen molar-refractivity contribution in [3.05, 3.63) is 46.9 Å². The Kier molecular flexibility index (Phi) is 3.72. The summed E-state index contributed by atoms with van der Waals surface area (Å²) in [5.41, 5.74) is 2.36. The molecule has 1 aromatic carbocycles. The van der Waals surface area contributed by atoms with E-state index in [1.807, 2.05) is 6.26 Å². The topological polar surface area (TPSA) is 59.8 Å². The number of ketones is 1. The quantitative estimate of drug-likeness (QED) is 0.828. The largest absolute Gasteiger partial charge is 0.328 e. The predicted molar refractivity (Wildman–Crippen MR) is 95.0 cm³/mol. The lowest BCUT2D eigenvalue weighted by molar-refractivity contribution is -0.118. The van der Waals surface area contributed by atoms with Crippen LogP contribution in [0.1, 0.15) is 38.3 Å². The van der Waals surface area contributed by atoms with Gasteiger partial charge in [0.05, 0.1) is 0 Å². The molecule has 7 heteroatoms. The van der Waals surface area contributed by atoms with Gasteiger partial charge in [0.1, 0.15) is 11.9 Å². The average molecular weight is 358 g/mol. The maximum Gasteiger partial charge on any atom is 0.227 e. The van der Waals surface area contributed by atoms with Gasteiger partial charge in [-0.2, -0.15) is 4.98 Å². The molecule has 0 radical (unpaired) electrons. The van der Waals surface area contributed by atoms with Crippen molar-refractivity contribution in [1.29, 1.82) is 0 Å². The van der Waals surface area contributed by atoms with Gasteiger partial charge in [-0.05, 0) is 35.8 Å². The number of fused-ring (bicyclic) bond motifs is 1. The average Bonchev–Trinajstić information content (AvgIpc) is 2.95. The molecule has 130 valence electrons. The lowest BCUT2D eigenvalue weighted by atomic mass is 9.73. The van der Waals surface area contributed by atoms with E-state index in [-0.39, 0.29) is 23.1 Å². The maximum absolute atomic E-state index is 13.4. The third-order valence-electron chi connectivity index (χ3n) is 4.68. The fraction of sp³-hybridized carbons (Fsp3) is 0.389. The van der Waals surface area contributed by atoms with Gasteiger partial charge >= 0.3 is 0 Å². The van der Waals surface area contributed by atoms with E-state index in [0.717, 1.165) is 23.3 Å². The van der Waals surface area contributed by atoms with Crippen molar-refractivity contribution in [1.82, 2.24) is 14.8 Å². The van der Waals surface area contributed by atoms with Gasteiger partial charge in [0.25, 0.3) is 0 Å². The first-order chi connectivity index (χ1) is 11.9. The number of nitrogens with zero attached hydrogens (tertiary/aromatic N) is 3. The minimum absolute atomic E-state index is 0.0964. The Labute approximate surface area is 149 Å². The molecule has 2 aromatic rings. The van der Waals surface area contributed by atoms with Crippen molar-refractivity contribution in [3.8, 4) is 0 Å². The Morgan fingerprint density at radius 3 is 2.68 bits per heavy atom. The van der Waals surface area contributed by atoms with Crippen molar-refractivity contribution < 1.29 is 9.18 Å². The smallest absolute Gasteiger partial charge is 0.227 e. The highest BCUT2D eigenvalue weighted by Gasteiger charge is 2.41. The van der Waals surface area contributed by atoms with Gasteiger partial charge in [0.15, 0.2) is 5.78 Å². The summed E-state index contributed by atoms with van der Waals surface area (Å²) in [7, 11) is 0. The molecule has 1 aromatic heterocycles. The Morgan fingerprint density at radius 1 is 1.28 bits per heavy atom. The second kappa shape index (κ2) is 5.69. The standard InChI is InChI=1S/C18H19FN4OS/c1-18(2)8-12-14(13(24)9-18)15(10-4-6-11(19)7-5-10)23-16(20-12)21-17(22-23)25-3/h4-7,15H,8-9H2,1-3H3,(H,20,21,22)/t15-/m0/s1. The second-order valence-electron chi connectivity index (χ2n) is 7.28. The number of aromatic nitrogens is 3. The molecule has 1 aliphatic carbocycles. The van der Waals surface area contributed by atoms with Gasteiger partial charge in [0, 0.05) is 17.7 Å². The number of carbonyl (C=O) groups is 1. The first-order valence-electron chi connectivity index (χ1n) is 8.17. The van der Waals surface area contributed by atoms with Crippen LogP contribution in [-0.4, -0.2) is 26.8 Å². The molecule has 0 fully saturated rings. The number of Topliss-reactive ketones (excluding diaryl/α,β-unsaturated/α-hetero) is 1. The third-order valence-corrected chi connectivity index (χ3v) is 5.22. The number of hydrogen-bond donors (Lipinski definition) is 1. The molecular formula is C18H19FN4OS. The highest BCUT2D eigenvalue weighted by molar-refractivity contribution is 7.98. The molecule has 1 atom stereocenters. The summed E-state index contributed by atoms with van der Waals surface area (Å²) in [5.74, 6) is 0.439. The zero-order valence-electron chi connectivity index (χ0n) is 14.3. The summed E-state index contributed by atoms with van der Waals surface area (Å²) in [4.78, 5) is 17.5. The number of benzene rings is 1. The number of thioether (sulfide) groups is 1. The highest BCUT2D eigenvalue weighted by Crippen LogP contribution is 2.45. The number of hydrogen-bond acceptors (Lipinski definition) is 5. The normalized spacial score (nSPS) is 21.6. The summed E-state index contributed by atoms with van der Waals surface area (Å²) < 4.78 is 15.1. The van der Waals surface area contributed by atoms with Crippen molar-refractivity contribution in [2.45, 2.75) is 37.9 Å². The van der Waals surface area contributed by atoms with Crippen molar-refractivity contribution in [3.63, 3.8) is 0 Å². The van der Waals surface area contributed by atoms with Crippen molar-refractivity contribution >= 4 is 23.5 Å². The fourth-order valence-electron chi connectivity index (χ4n) is 3.63. The second-order valence-corrected chi connectivity index (χ2v) is 8.05. The van der Waals surface area contributed by atoms with Gasteiger partial charge in [-0.1, -0.05) is 37.7 Å². The molecule has 0 amide bonds. The monoisotopic (exact) mass is 358 g/mol. The third kappa shape index (κ3) is 2.76. The molecule has 1 aliphatic heterocycles. The first-order valence-corrected chi connectivity index (χ1v) is 9.40. The number of nitrogens with one attached hydrogen (secondary N) is 1.